The van der Waals surface area contributed by atoms with Crippen LogP contribution >= 0.6 is 34.5 Å². The van der Waals surface area contributed by atoms with Crippen LogP contribution in [0.15, 0.2) is 24.4 Å². The van der Waals surface area contributed by atoms with Crippen LogP contribution in [-0.2, 0) is 6.42 Å². The lowest BCUT2D eigenvalue weighted by Crippen LogP contribution is -2.03. The molecule has 2 aromatic rings. The Balaban J connectivity index is 2.13. The van der Waals surface area contributed by atoms with Crippen molar-refractivity contribution in [2.24, 2.45) is 0 Å². The van der Waals surface area contributed by atoms with E-state index < -0.39 is 0 Å². The zero-order valence-electron chi connectivity index (χ0n) is 7.98. The fourth-order valence-corrected chi connectivity index (χ4v) is 2.33. The van der Waals surface area contributed by atoms with E-state index in [0.29, 0.717) is 14.9 Å². The fraction of sp³-hybridized carbons (Fsp3) is 0.100. The van der Waals surface area contributed by atoms with Gasteiger partial charge in [-0.3, -0.25) is 4.79 Å². The van der Waals surface area contributed by atoms with Crippen LogP contribution in [0.25, 0.3) is 0 Å². The van der Waals surface area contributed by atoms with Crippen molar-refractivity contribution in [1.29, 1.82) is 0 Å². The number of nitrogens with zero attached hydrogens (tertiary/aromatic N) is 2. The van der Waals surface area contributed by atoms with Gasteiger partial charge in [0.2, 0.25) is 5.28 Å². The highest BCUT2D eigenvalue weighted by molar-refractivity contribution is 7.18. The topological polar surface area (TPSA) is 42.9 Å². The van der Waals surface area contributed by atoms with E-state index in [1.54, 1.807) is 18.2 Å². The molecule has 0 fully saturated rings. The maximum atomic E-state index is 11.8. The average molecular weight is 273 g/mol. The fourth-order valence-electron chi connectivity index (χ4n) is 1.18. The van der Waals surface area contributed by atoms with Gasteiger partial charge < -0.3 is 0 Å². The first-order valence-electron chi connectivity index (χ1n) is 4.41. The van der Waals surface area contributed by atoms with Crippen LogP contribution in [0.3, 0.4) is 0 Å². The smallest absolute Gasteiger partial charge is 0.222 e. The van der Waals surface area contributed by atoms with Crippen LogP contribution in [0.4, 0.5) is 0 Å². The van der Waals surface area contributed by atoms with Gasteiger partial charge in [-0.05, 0) is 29.8 Å². The van der Waals surface area contributed by atoms with Gasteiger partial charge in [0.1, 0.15) is 0 Å². The maximum Gasteiger partial charge on any atom is 0.222 e. The average Bonchev–Trinajstić information content (AvgIpc) is 2.65. The molecule has 0 N–H and O–H groups in total. The SMILES string of the molecule is O=C(Cc1ccnc(Cl)n1)c1ccc(Cl)s1. The lowest BCUT2D eigenvalue weighted by molar-refractivity contribution is 0.0996. The number of carbonyl (C=O) groups excluding carboxylic acids is 1. The van der Waals surface area contributed by atoms with E-state index in [-0.39, 0.29) is 17.5 Å². The summed E-state index contributed by atoms with van der Waals surface area (Å²) in [6.07, 6.45) is 1.73. The van der Waals surface area contributed by atoms with Gasteiger partial charge in [0.15, 0.2) is 5.78 Å². The van der Waals surface area contributed by atoms with E-state index in [1.165, 1.54) is 17.5 Å². The third-order valence-electron chi connectivity index (χ3n) is 1.87. The van der Waals surface area contributed by atoms with Gasteiger partial charge >= 0.3 is 0 Å². The molecule has 0 aliphatic carbocycles. The van der Waals surface area contributed by atoms with Crippen LogP contribution in [0, 0.1) is 0 Å². The Morgan fingerprint density at radius 3 is 2.75 bits per heavy atom. The molecule has 0 aromatic carbocycles. The second-order valence-electron chi connectivity index (χ2n) is 3.02. The van der Waals surface area contributed by atoms with Crippen molar-refractivity contribution in [2.45, 2.75) is 6.42 Å². The summed E-state index contributed by atoms with van der Waals surface area (Å²) in [5, 5.41) is 0.148. The molecule has 0 saturated heterocycles. The third kappa shape index (κ3) is 2.78. The van der Waals surface area contributed by atoms with Gasteiger partial charge in [-0.2, -0.15) is 0 Å². The van der Waals surface area contributed by atoms with Gasteiger partial charge in [0, 0.05) is 6.20 Å². The van der Waals surface area contributed by atoms with Crippen molar-refractivity contribution in [2.75, 3.05) is 0 Å². The van der Waals surface area contributed by atoms with Crippen LogP contribution in [0.1, 0.15) is 15.4 Å². The number of hydrogen-bond acceptors (Lipinski definition) is 4. The zero-order chi connectivity index (χ0) is 11.5. The quantitative estimate of drug-likeness (QED) is 0.636. The first-order valence-corrected chi connectivity index (χ1v) is 5.98. The Morgan fingerprint density at radius 2 is 2.12 bits per heavy atom. The number of carbonyl (C=O) groups is 1. The van der Waals surface area contributed by atoms with E-state index in [4.69, 9.17) is 23.2 Å². The summed E-state index contributed by atoms with van der Waals surface area (Å²) < 4.78 is 0.601. The van der Waals surface area contributed by atoms with Gasteiger partial charge in [-0.15, -0.1) is 11.3 Å². The number of rotatable bonds is 3. The molecule has 2 heterocycles. The number of hydrogen-bond donors (Lipinski definition) is 0. The number of halogens is 2. The molecule has 0 saturated carbocycles. The first kappa shape index (κ1) is 11.5. The van der Waals surface area contributed by atoms with Gasteiger partial charge in [-0.25, -0.2) is 9.97 Å². The summed E-state index contributed by atoms with van der Waals surface area (Å²) >= 11 is 12.6. The molecule has 0 amide bonds. The predicted octanol–water partition coefficient (Wildman–Crippen LogP) is 3.27. The van der Waals surface area contributed by atoms with Crippen molar-refractivity contribution < 1.29 is 4.79 Å². The molecular formula is C10H6Cl2N2OS. The summed E-state index contributed by atoms with van der Waals surface area (Å²) in [7, 11) is 0. The van der Waals surface area contributed by atoms with Crippen molar-refractivity contribution in [3.63, 3.8) is 0 Å². The summed E-state index contributed by atoms with van der Waals surface area (Å²) in [6.45, 7) is 0. The van der Waals surface area contributed by atoms with Gasteiger partial charge in [0.25, 0.3) is 0 Å². The molecule has 0 spiro atoms. The number of aromatic nitrogens is 2. The van der Waals surface area contributed by atoms with E-state index in [0.717, 1.165) is 0 Å². The van der Waals surface area contributed by atoms with Gasteiger partial charge in [0.05, 0.1) is 21.3 Å². The molecule has 0 aliphatic heterocycles. The maximum absolute atomic E-state index is 11.8. The predicted molar refractivity (Wildman–Crippen MR) is 64.4 cm³/mol. The van der Waals surface area contributed by atoms with Crippen molar-refractivity contribution in [3.05, 3.63) is 44.6 Å². The van der Waals surface area contributed by atoms with Crippen molar-refractivity contribution in [3.8, 4) is 0 Å². The second-order valence-corrected chi connectivity index (χ2v) is 5.07. The van der Waals surface area contributed by atoms with Crippen molar-refractivity contribution >= 4 is 40.3 Å². The van der Waals surface area contributed by atoms with Crippen LogP contribution in [0.2, 0.25) is 9.62 Å². The summed E-state index contributed by atoms with van der Waals surface area (Å²) in [5.74, 6) is -0.0216. The molecular weight excluding hydrogens is 267 g/mol. The molecule has 0 atom stereocenters. The van der Waals surface area contributed by atoms with Crippen LogP contribution in [0.5, 0.6) is 0 Å². The zero-order valence-corrected chi connectivity index (χ0v) is 10.3. The molecule has 82 valence electrons. The molecule has 3 nitrogen and oxygen atoms in total. The number of thiophene rings is 1. The molecule has 2 rings (SSSR count). The van der Waals surface area contributed by atoms with E-state index >= 15 is 0 Å². The van der Waals surface area contributed by atoms with E-state index in [2.05, 4.69) is 9.97 Å². The van der Waals surface area contributed by atoms with Crippen molar-refractivity contribution in [1.82, 2.24) is 9.97 Å². The minimum Gasteiger partial charge on any atom is -0.293 e. The van der Waals surface area contributed by atoms with E-state index in [1.807, 2.05) is 0 Å². The summed E-state index contributed by atoms with van der Waals surface area (Å²) in [5.41, 5.74) is 0.606. The number of ketones is 1. The van der Waals surface area contributed by atoms with Crippen LogP contribution < -0.4 is 0 Å². The number of Topliss-reactive ketones (excluding diaryl/α,β-unsaturated/α-hetero) is 1. The summed E-state index contributed by atoms with van der Waals surface area (Å²) in [4.78, 5) is 20.1. The molecule has 0 unspecified atom stereocenters. The Bertz CT molecular complexity index is 527. The largest absolute Gasteiger partial charge is 0.293 e. The molecule has 0 bridgehead atoms. The molecule has 0 radical (unpaired) electrons. The molecule has 0 aliphatic rings. The monoisotopic (exact) mass is 272 g/mol. The normalized spacial score (nSPS) is 10.4. The lowest BCUT2D eigenvalue weighted by Gasteiger charge is -1.98. The molecule has 16 heavy (non-hydrogen) atoms. The highest BCUT2D eigenvalue weighted by Gasteiger charge is 2.10. The Morgan fingerprint density at radius 1 is 1.31 bits per heavy atom. The highest BCUT2D eigenvalue weighted by atomic mass is 35.5. The minimum atomic E-state index is -0.0216. The van der Waals surface area contributed by atoms with E-state index in [9.17, 15) is 4.79 Å². The van der Waals surface area contributed by atoms with Crippen LogP contribution in [-0.4, -0.2) is 15.8 Å². The van der Waals surface area contributed by atoms with Gasteiger partial charge in [-0.1, -0.05) is 11.6 Å². The second kappa shape index (κ2) is 4.91. The summed E-state index contributed by atoms with van der Waals surface area (Å²) in [6, 6.07) is 5.07. The first-order chi connectivity index (χ1) is 7.65. The standard InChI is InChI=1S/C10H6Cl2N2OS/c11-9-2-1-8(16-9)7(15)5-6-3-4-13-10(12)14-6/h1-4H,5H2. The molecule has 6 heteroatoms. The highest BCUT2D eigenvalue weighted by Crippen LogP contribution is 2.22. The lowest BCUT2D eigenvalue weighted by atomic mass is 10.2. The third-order valence-corrected chi connectivity index (χ3v) is 3.33. The molecule has 2 aromatic heterocycles. The Hall–Kier alpha value is -0.970. The Labute approximate surface area is 106 Å². The minimum absolute atomic E-state index is 0.0216. The Kier molecular flexibility index (Phi) is 3.53.